The molecule has 6 heteroatoms. The van der Waals surface area contributed by atoms with Gasteiger partial charge >= 0.3 is 5.69 Å². The first-order valence-electron chi connectivity index (χ1n) is 3.24. The molecule has 0 saturated carbocycles. The van der Waals surface area contributed by atoms with Crippen LogP contribution in [-0.2, 0) is 0 Å². The molecule has 3 N–H and O–H groups in total. The third-order valence-electron chi connectivity index (χ3n) is 1.37. The van der Waals surface area contributed by atoms with E-state index in [2.05, 4.69) is 0 Å². The lowest BCUT2D eigenvalue weighted by Gasteiger charge is -1.94. The standard InChI is InChI=1S/C6H8N2O4/c1-3(9)5-2-4(8(10)11)6(7)12-5/h2-3,9H,7H2,1H3. The number of hydrogen-bond acceptors (Lipinski definition) is 5. The van der Waals surface area contributed by atoms with Crippen LogP contribution in [0.2, 0.25) is 0 Å². The minimum absolute atomic E-state index is 0.0965. The number of nitrogen functional groups attached to an aromatic ring is 1. The minimum atomic E-state index is -0.888. The molecule has 0 aromatic carbocycles. The monoisotopic (exact) mass is 172 g/mol. The molecule has 0 amide bonds. The maximum atomic E-state index is 10.2. The highest BCUT2D eigenvalue weighted by molar-refractivity contribution is 5.51. The fourth-order valence-corrected chi connectivity index (χ4v) is 0.763. The largest absolute Gasteiger partial charge is 0.437 e. The van der Waals surface area contributed by atoms with Gasteiger partial charge in [0.1, 0.15) is 11.9 Å². The zero-order valence-electron chi connectivity index (χ0n) is 6.35. The first-order valence-corrected chi connectivity index (χ1v) is 3.24. The van der Waals surface area contributed by atoms with Gasteiger partial charge in [-0.3, -0.25) is 10.1 Å². The number of nitrogens with zero attached hydrogens (tertiary/aromatic N) is 1. The van der Waals surface area contributed by atoms with Crippen LogP contribution >= 0.6 is 0 Å². The Labute approximate surface area is 67.7 Å². The van der Waals surface area contributed by atoms with Gasteiger partial charge < -0.3 is 15.3 Å². The van der Waals surface area contributed by atoms with Gasteiger partial charge in [-0.2, -0.15) is 0 Å². The third kappa shape index (κ3) is 1.37. The number of rotatable bonds is 2. The summed E-state index contributed by atoms with van der Waals surface area (Å²) in [7, 11) is 0. The highest BCUT2D eigenvalue weighted by Gasteiger charge is 2.20. The number of aliphatic hydroxyl groups is 1. The van der Waals surface area contributed by atoms with Gasteiger partial charge in [0.05, 0.1) is 11.0 Å². The Morgan fingerprint density at radius 1 is 1.83 bits per heavy atom. The van der Waals surface area contributed by atoms with Crippen LogP contribution in [-0.4, -0.2) is 10.0 Å². The van der Waals surface area contributed by atoms with Crippen LogP contribution in [0.1, 0.15) is 18.8 Å². The average molecular weight is 172 g/mol. The topological polar surface area (TPSA) is 103 Å². The zero-order valence-corrected chi connectivity index (χ0v) is 6.35. The molecule has 0 radical (unpaired) electrons. The summed E-state index contributed by atoms with van der Waals surface area (Å²) >= 11 is 0. The number of aliphatic hydroxyl groups excluding tert-OH is 1. The molecule has 0 bridgehead atoms. The van der Waals surface area contributed by atoms with E-state index in [1.165, 1.54) is 6.92 Å². The maximum absolute atomic E-state index is 10.2. The molecular weight excluding hydrogens is 164 g/mol. The third-order valence-corrected chi connectivity index (χ3v) is 1.37. The van der Waals surface area contributed by atoms with Crippen molar-refractivity contribution >= 4 is 11.6 Å². The van der Waals surface area contributed by atoms with E-state index in [4.69, 9.17) is 15.3 Å². The number of nitro groups is 1. The summed E-state index contributed by atoms with van der Waals surface area (Å²) in [4.78, 5) is 9.58. The van der Waals surface area contributed by atoms with E-state index in [1.54, 1.807) is 0 Å². The van der Waals surface area contributed by atoms with Crippen molar-refractivity contribution < 1.29 is 14.4 Å². The number of anilines is 1. The first-order chi connectivity index (χ1) is 5.52. The molecule has 1 heterocycles. The summed E-state index contributed by atoms with van der Waals surface area (Å²) in [5, 5.41) is 19.2. The fourth-order valence-electron chi connectivity index (χ4n) is 0.763. The number of furan rings is 1. The van der Waals surface area contributed by atoms with Crippen LogP contribution in [0.25, 0.3) is 0 Å². The molecule has 0 aliphatic heterocycles. The van der Waals surface area contributed by atoms with E-state index in [9.17, 15) is 10.1 Å². The van der Waals surface area contributed by atoms with E-state index in [0.29, 0.717) is 0 Å². The molecule has 6 nitrogen and oxygen atoms in total. The Morgan fingerprint density at radius 2 is 2.42 bits per heavy atom. The fraction of sp³-hybridized carbons (Fsp3) is 0.333. The van der Waals surface area contributed by atoms with Crippen molar-refractivity contribution in [3.63, 3.8) is 0 Å². The van der Waals surface area contributed by atoms with Crippen LogP contribution < -0.4 is 5.73 Å². The summed E-state index contributed by atoms with van der Waals surface area (Å²) in [6.07, 6.45) is -0.888. The Kier molecular flexibility index (Phi) is 2.01. The molecule has 1 unspecified atom stereocenters. The van der Waals surface area contributed by atoms with Gasteiger partial charge in [-0.1, -0.05) is 0 Å². The van der Waals surface area contributed by atoms with Crippen LogP contribution in [0.3, 0.4) is 0 Å². The Morgan fingerprint density at radius 3 is 2.67 bits per heavy atom. The first kappa shape index (κ1) is 8.54. The van der Waals surface area contributed by atoms with Crippen molar-refractivity contribution in [3.05, 3.63) is 21.9 Å². The lowest BCUT2D eigenvalue weighted by molar-refractivity contribution is -0.384. The zero-order chi connectivity index (χ0) is 9.30. The predicted octanol–water partition coefficient (Wildman–Crippen LogP) is 0.823. The molecule has 1 aromatic rings. The molecule has 0 fully saturated rings. The molecule has 0 spiro atoms. The second-order valence-electron chi connectivity index (χ2n) is 2.33. The Hall–Kier alpha value is -1.56. The molecule has 1 rings (SSSR count). The molecule has 1 atom stereocenters. The highest BCUT2D eigenvalue weighted by Crippen LogP contribution is 2.28. The second kappa shape index (κ2) is 2.82. The van der Waals surface area contributed by atoms with E-state index in [1.807, 2.05) is 0 Å². The van der Waals surface area contributed by atoms with Crippen LogP contribution in [0.4, 0.5) is 11.6 Å². The molecule has 12 heavy (non-hydrogen) atoms. The van der Waals surface area contributed by atoms with Crippen molar-refractivity contribution in [2.75, 3.05) is 5.73 Å². The molecule has 0 saturated heterocycles. The van der Waals surface area contributed by atoms with E-state index in [0.717, 1.165) is 6.07 Å². The number of hydrogen-bond donors (Lipinski definition) is 2. The van der Waals surface area contributed by atoms with Gasteiger partial charge in [0.15, 0.2) is 0 Å². The van der Waals surface area contributed by atoms with Crippen molar-refractivity contribution in [1.82, 2.24) is 0 Å². The van der Waals surface area contributed by atoms with Crippen molar-refractivity contribution in [3.8, 4) is 0 Å². The lowest BCUT2D eigenvalue weighted by Crippen LogP contribution is -1.90. The van der Waals surface area contributed by atoms with E-state index < -0.39 is 11.0 Å². The van der Waals surface area contributed by atoms with Crippen LogP contribution in [0.5, 0.6) is 0 Å². The lowest BCUT2D eigenvalue weighted by atomic mass is 10.3. The van der Waals surface area contributed by atoms with E-state index >= 15 is 0 Å². The molecule has 0 aliphatic rings. The van der Waals surface area contributed by atoms with Gasteiger partial charge in [-0.25, -0.2) is 0 Å². The van der Waals surface area contributed by atoms with Crippen molar-refractivity contribution in [2.24, 2.45) is 0 Å². The Balaban J connectivity index is 3.09. The quantitative estimate of drug-likeness (QED) is 0.507. The van der Waals surface area contributed by atoms with Crippen molar-refractivity contribution in [2.45, 2.75) is 13.0 Å². The second-order valence-corrected chi connectivity index (χ2v) is 2.33. The van der Waals surface area contributed by atoms with Crippen molar-refractivity contribution in [1.29, 1.82) is 0 Å². The smallest absolute Gasteiger partial charge is 0.332 e. The van der Waals surface area contributed by atoms with Gasteiger partial charge in [0, 0.05) is 0 Å². The molecule has 66 valence electrons. The summed E-state index contributed by atoms with van der Waals surface area (Å²) in [5.74, 6) is -0.185. The summed E-state index contributed by atoms with van der Waals surface area (Å²) in [5.41, 5.74) is 4.85. The molecule has 1 aromatic heterocycles. The van der Waals surface area contributed by atoms with Gasteiger partial charge in [-0.15, -0.1) is 0 Å². The van der Waals surface area contributed by atoms with Gasteiger partial charge in [0.2, 0.25) is 0 Å². The summed E-state index contributed by atoms with van der Waals surface area (Å²) in [6, 6.07) is 1.11. The summed E-state index contributed by atoms with van der Waals surface area (Å²) < 4.78 is 4.72. The van der Waals surface area contributed by atoms with Gasteiger partial charge in [0.25, 0.3) is 5.88 Å². The average Bonchev–Trinajstić information content (AvgIpc) is 2.30. The molecular formula is C6H8N2O4. The number of nitrogens with two attached hydrogens (primary N) is 1. The maximum Gasteiger partial charge on any atom is 0.332 e. The highest BCUT2D eigenvalue weighted by atomic mass is 16.6. The van der Waals surface area contributed by atoms with Gasteiger partial charge in [-0.05, 0) is 6.92 Å². The van der Waals surface area contributed by atoms with Crippen LogP contribution in [0, 0.1) is 10.1 Å². The predicted molar refractivity (Wildman–Crippen MR) is 40.4 cm³/mol. The SMILES string of the molecule is CC(O)c1cc([N+](=O)[O-])c(N)o1. The molecule has 0 aliphatic carbocycles. The summed E-state index contributed by atoms with van der Waals surface area (Å²) in [6.45, 7) is 1.43. The normalized spacial score (nSPS) is 12.8. The van der Waals surface area contributed by atoms with Crippen LogP contribution in [0.15, 0.2) is 10.5 Å². The minimum Gasteiger partial charge on any atom is -0.437 e. The van der Waals surface area contributed by atoms with E-state index in [-0.39, 0.29) is 17.3 Å². The Bertz CT molecular complexity index is 304.